The van der Waals surface area contributed by atoms with Crippen LogP contribution in [0.3, 0.4) is 0 Å². The van der Waals surface area contributed by atoms with Gasteiger partial charge in [0.25, 0.3) is 0 Å². The van der Waals surface area contributed by atoms with Gasteiger partial charge in [0.2, 0.25) is 5.91 Å². The van der Waals surface area contributed by atoms with Crippen molar-refractivity contribution in [2.45, 2.75) is 52.7 Å². The third-order valence-electron chi connectivity index (χ3n) is 3.62. The second-order valence-corrected chi connectivity index (χ2v) is 6.50. The van der Waals surface area contributed by atoms with E-state index in [2.05, 4.69) is 20.9 Å². The number of nitrogens with zero attached hydrogens (tertiary/aromatic N) is 1. The van der Waals surface area contributed by atoms with E-state index in [0.29, 0.717) is 32.0 Å². The van der Waals surface area contributed by atoms with Gasteiger partial charge >= 0.3 is 0 Å². The number of hydrogen-bond acceptors (Lipinski definition) is 4. The minimum Gasteiger partial charge on any atom is -0.491 e. The molecule has 0 bridgehead atoms. The fourth-order valence-corrected chi connectivity index (χ4v) is 2.31. The summed E-state index contributed by atoms with van der Waals surface area (Å²) in [6.07, 6.45) is 0.709. The van der Waals surface area contributed by atoms with Crippen LogP contribution in [0.4, 0.5) is 0 Å². The number of ether oxygens (including phenoxy) is 1. The van der Waals surface area contributed by atoms with Crippen LogP contribution in [0, 0.1) is 0 Å². The summed E-state index contributed by atoms with van der Waals surface area (Å²) < 4.78 is 5.61. The van der Waals surface area contributed by atoms with E-state index < -0.39 is 6.10 Å². The van der Waals surface area contributed by atoms with E-state index in [1.54, 1.807) is 0 Å². The number of hydrogen-bond donors (Lipinski definition) is 4. The highest BCUT2D eigenvalue weighted by molar-refractivity contribution is 14.0. The van der Waals surface area contributed by atoms with Crippen LogP contribution in [0.1, 0.15) is 52.2 Å². The van der Waals surface area contributed by atoms with E-state index in [0.717, 1.165) is 17.7 Å². The van der Waals surface area contributed by atoms with Gasteiger partial charge in [-0.3, -0.25) is 9.79 Å². The van der Waals surface area contributed by atoms with E-state index in [1.165, 1.54) is 0 Å². The summed E-state index contributed by atoms with van der Waals surface area (Å²) in [6.45, 7) is 10.0. The molecule has 8 heteroatoms. The topological polar surface area (TPSA) is 95.0 Å². The predicted octanol–water partition coefficient (Wildman–Crippen LogP) is 2.60. The first-order valence-corrected chi connectivity index (χ1v) is 9.69. The quantitative estimate of drug-likeness (QED) is 0.210. The second-order valence-electron chi connectivity index (χ2n) is 6.50. The van der Waals surface area contributed by atoms with E-state index >= 15 is 0 Å². The van der Waals surface area contributed by atoms with Gasteiger partial charge in [0.15, 0.2) is 5.96 Å². The normalized spacial score (nSPS) is 12.1. The van der Waals surface area contributed by atoms with Crippen LogP contribution < -0.4 is 20.7 Å². The second kappa shape index (κ2) is 15.4. The lowest BCUT2D eigenvalue weighted by molar-refractivity contribution is -0.120. The Hall–Kier alpha value is -1.55. The Kier molecular flexibility index (Phi) is 14.5. The van der Waals surface area contributed by atoms with Crippen molar-refractivity contribution in [2.24, 2.45) is 4.99 Å². The van der Waals surface area contributed by atoms with Crippen LogP contribution in [0.5, 0.6) is 5.75 Å². The van der Waals surface area contributed by atoms with E-state index in [1.807, 2.05) is 52.0 Å². The standard InChI is InChI=1S/C20H34N4O3.HI/c1-5-12-22-19(26)11-13-23-20(21-6-2)24-14-18(25)16-7-9-17(10-8-16)27-15(3)4;/h7-10,15,18,25H,5-6,11-14H2,1-4H3,(H,22,26)(H2,21,23,24);1H. The molecule has 0 aromatic heterocycles. The molecule has 1 unspecified atom stereocenters. The van der Waals surface area contributed by atoms with Gasteiger partial charge in [0, 0.05) is 26.1 Å². The van der Waals surface area contributed by atoms with Gasteiger partial charge in [0.1, 0.15) is 5.75 Å². The predicted molar refractivity (Wildman–Crippen MR) is 124 cm³/mol. The molecule has 1 atom stereocenters. The van der Waals surface area contributed by atoms with Crippen LogP contribution in [0.15, 0.2) is 29.3 Å². The zero-order valence-corrected chi connectivity index (χ0v) is 19.7. The number of rotatable bonds is 11. The van der Waals surface area contributed by atoms with Gasteiger partial charge in [-0.2, -0.15) is 0 Å². The lowest BCUT2D eigenvalue weighted by Gasteiger charge is -2.14. The minimum atomic E-state index is -0.707. The van der Waals surface area contributed by atoms with Crippen LogP contribution >= 0.6 is 24.0 Å². The molecule has 0 aliphatic heterocycles. The van der Waals surface area contributed by atoms with Crippen molar-refractivity contribution >= 4 is 35.8 Å². The van der Waals surface area contributed by atoms with Crippen molar-refractivity contribution < 1.29 is 14.6 Å². The number of guanidine groups is 1. The van der Waals surface area contributed by atoms with Gasteiger partial charge in [-0.05, 0) is 44.9 Å². The first kappa shape index (κ1) is 26.4. The van der Waals surface area contributed by atoms with Gasteiger partial charge < -0.3 is 25.8 Å². The van der Waals surface area contributed by atoms with Crippen LogP contribution in [-0.4, -0.2) is 49.3 Å². The zero-order chi connectivity index (χ0) is 20.1. The molecule has 0 heterocycles. The molecular weight excluding hydrogens is 471 g/mol. The summed E-state index contributed by atoms with van der Waals surface area (Å²) in [6, 6.07) is 7.38. The SMILES string of the molecule is CCCNC(=O)CCNC(=NCC(O)c1ccc(OC(C)C)cc1)NCC.I. The monoisotopic (exact) mass is 506 g/mol. The number of aliphatic imine (C=N–C) groups is 1. The summed E-state index contributed by atoms with van der Waals surface area (Å²) in [4.78, 5) is 16.0. The number of amides is 1. The molecule has 4 N–H and O–H groups in total. The Morgan fingerprint density at radius 2 is 1.79 bits per heavy atom. The van der Waals surface area contributed by atoms with Crippen molar-refractivity contribution in [3.8, 4) is 5.75 Å². The molecule has 7 nitrogen and oxygen atoms in total. The number of carbonyl (C=O) groups is 1. The Balaban J connectivity index is 0.00000729. The third-order valence-corrected chi connectivity index (χ3v) is 3.62. The van der Waals surface area contributed by atoms with Crippen molar-refractivity contribution in [1.82, 2.24) is 16.0 Å². The number of nitrogens with one attached hydrogen (secondary N) is 3. The Labute approximate surface area is 185 Å². The summed E-state index contributed by atoms with van der Waals surface area (Å²) in [5.74, 6) is 1.38. The molecule has 0 saturated heterocycles. The smallest absolute Gasteiger partial charge is 0.221 e. The van der Waals surface area contributed by atoms with E-state index in [9.17, 15) is 9.90 Å². The number of halogens is 1. The molecule has 1 aromatic carbocycles. The summed E-state index contributed by atoms with van der Waals surface area (Å²) in [5, 5.41) is 19.4. The highest BCUT2D eigenvalue weighted by Crippen LogP contribution is 2.19. The van der Waals surface area contributed by atoms with E-state index in [-0.39, 0.29) is 42.5 Å². The highest BCUT2D eigenvalue weighted by Gasteiger charge is 2.09. The van der Waals surface area contributed by atoms with Crippen LogP contribution in [0.25, 0.3) is 0 Å². The van der Waals surface area contributed by atoms with Crippen molar-refractivity contribution in [3.05, 3.63) is 29.8 Å². The maximum atomic E-state index is 11.6. The molecule has 0 fully saturated rings. The Morgan fingerprint density at radius 3 is 2.36 bits per heavy atom. The molecule has 1 aromatic rings. The molecule has 0 saturated carbocycles. The minimum absolute atomic E-state index is 0. The zero-order valence-electron chi connectivity index (χ0n) is 17.3. The summed E-state index contributed by atoms with van der Waals surface area (Å²) in [7, 11) is 0. The summed E-state index contributed by atoms with van der Waals surface area (Å²) >= 11 is 0. The average molecular weight is 506 g/mol. The van der Waals surface area contributed by atoms with Crippen molar-refractivity contribution in [1.29, 1.82) is 0 Å². The van der Waals surface area contributed by atoms with Gasteiger partial charge in [-0.1, -0.05) is 19.1 Å². The maximum Gasteiger partial charge on any atom is 0.221 e. The van der Waals surface area contributed by atoms with Gasteiger partial charge in [-0.25, -0.2) is 0 Å². The lowest BCUT2D eigenvalue weighted by atomic mass is 10.1. The number of carbonyl (C=O) groups excluding carboxylic acids is 1. The van der Waals surface area contributed by atoms with Gasteiger partial charge in [-0.15, -0.1) is 24.0 Å². The van der Waals surface area contributed by atoms with E-state index in [4.69, 9.17) is 4.74 Å². The number of aliphatic hydroxyl groups is 1. The number of benzene rings is 1. The van der Waals surface area contributed by atoms with Crippen LogP contribution in [-0.2, 0) is 4.79 Å². The molecule has 0 aliphatic rings. The van der Waals surface area contributed by atoms with Crippen molar-refractivity contribution in [2.75, 3.05) is 26.2 Å². The molecule has 0 spiro atoms. The first-order chi connectivity index (χ1) is 13.0. The molecule has 160 valence electrons. The third kappa shape index (κ3) is 11.3. The molecule has 0 radical (unpaired) electrons. The Bertz CT molecular complexity index is 579. The van der Waals surface area contributed by atoms with Crippen LogP contribution in [0.2, 0.25) is 0 Å². The van der Waals surface area contributed by atoms with Crippen molar-refractivity contribution in [3.63, 3.8) is 0 Å². The number of aliphatic hydroxyl groups excluding tert-OH is 1. The molecule has 28 heavy (non-hydrogen) atoms. The molecular formula is C20H35IN4O3. The Morgan fingerprint density at radius 1 is 1.11 bits per heavy atom. The molecule has 0 aliphatic carbocycles. The lowest BCUT2D eigenvalue weighted by Crippen LogP contribution is -2.39. The first-order valence-electron chi connectivity index (χ1n) is 9.69. The largest absolute Gasteiger partial charge is 0.491 e. The maximum absolute atomic E-state index is 11.6. The highest BCUT2D eigenvalue weighted by atomic mass is 127. The average Bonchev–Trinajstić information content (AvgIpc) is 2.64. The van der Waals surface area contributed by atoms with Gasteiger partial charge in [0.05, 0.1) is 18.8 Å². The molecule has 1 amide bonds. The fourth-order valence-electron chi connectivity index (χ4n) is 2.31. The summed E-state index contributed by atoms with van der Waals surface area (Å²) in [5.41, 5.74) is 0.782. The fraction of sp³-hybridized carbons (Fsp3) is 0.600. The molecule has 1 rings (SSSR count).